The van der Waals surface area contributed by atoms with Crippen LogP contribution in [0, 0.1) is 6.92 Å². The summed E-state index contributed by atoms with van der Waals surface area (Å²) in [5.41, 5.74) is 3.13. The fourth-order valence-corrected chi connectivity index (χ4v) is 5.75. The molecule has 0 aliphatic heterocycles. The summed E-state index contributed by atoms with van der Waals surface area (Å²) in [6, 6.07) is 14.9. The van der Waals surface area contributed by atoms with Crippen LogP contribution in [0.15, 0.2) is 54.6 Å². The van der Waals surface area contributed by atoms with Gasteiger partial charge in [-0.15, -0.1) is 0 Å². The van der Waals surface area contributed by atoms with Crippen molar-refractivity contribution in [1.82, 2.24) is 0 Å². The normalized spacial score (nSPS) is 12.3. The Bertz CT molecular complexity index is 1870. The van der Waals surface area contributed by atoms with E-state index in [1.165, 1.54) is 54.8 Å². The Labute approximate surface area is 285 Å². The highest BCUT2D eigenvalue weighted by Gasteiger charge is 2.23. The number of phosphoric ester groups is 1. The monoisotopic (exact) mass is 693 g/mol. The first kappa shape index (κ1) is 36.4. The second kappa shape index (κ2) is 16.1. The Kier molecular flexibility index (Phi) is 12.0. The first-order chi connectivity index (χ1) is 23.5. The number of benzene rings is 4. The van der Waals surface area contributed by atoms with Gasteiger partial charge in [-0.1, -0.05) is 30.4 Å². The molecule has 0 bridgehead atoms. The van der Waals surface area contributed by atoms with Crippen molar-refractivity contribution in [3.63, 3.8) is 0 Å². The smallest absolute Gasteiger partial charge is 0.372 e. The van der Waals surface area contributed by atoms with E-state index in [1.54, 1.807) is 67.8 Å². The number of ether oxygens (including phenoxy) is 7. The molecular weight excluding hydrogens is 655 g/mol. The van der Waals surface area contributed by atoms with Crippen LogP contribution in [0.2, 0.25) is 0 Å². The SMILES string of the molecule is COc1ccc(/C=C\c2cc(OC)c(OC)c(OC)c2)cc1OP(=O)([O-])Oc1c(OC)ccc(/C=C\c2cc(C)c(OC)c(OC)c2)c1O. The van der Waals surface area contributed by atoms with Crippen LogP contribution in [-0.4, -0.2) is 54.9 Å². The number of phenolic OH excluding ortho intramolecular Hbond substituents is 1. The summed E-state index contributed by atoms with van der Waals surface area (Å²) in [7, 11) is 5.13. The van der Waals surface area contributed by atoms with Gasteiger partial charge in [-0.05, 0) is 77.7 Å². The van der Waals surface area contributed by atoms with E-state index in [9.17, 15) is 14.6 Å². The van der Waals surface area contributed by atoms with Gasteiger partial charge in [0.05, 0.1) is 49.8 Å². The summed E-state index contributed by atoms with van der Waals surface area (Å²) in [4.78, 5) is 13.3. The average molecular weight is 694 g/mol. The molecule has 0 fully saturated rings. The Morgan fingerprint density at radius 2 is 1.02 bits per heavy atom. The van der Waals surface area contributed by atoms with E-state index >= 15 is 0 Å². The van der Waals surface area contributed by atoms with E-state index in [0.717, 1.165) is 16.7 Å². The van der Waals surface area contributed by atoms with E-state index in [4.69, 9.17) is 42.2 Å². The number of phosphoric acid groups is 1. The predicted molar refractivity (Wildman–Crippen MR) is 185 cm³/mol. The summed E-state index contributed by atoms with van der Waals surface area (Å²) in [6.45, 7) is 1.87. The minimum absolute atomic E-state index is 0.0368. The lowest BCUT2D eigenvalue weighted by Gasteiger charge is -2.26. The fourth-order valence-electron chi connectivity index (χ4n) is 4.92. The number of hydrogen-bond acceptors (Lipinski definition) is 12. The molecule has 4 aromatic rings. The summed E-state index contributed by atoms with van der Waals surface area (Å²) in [5.74, 6) is 1.53. The van der Waals surface area contributed by atoms with Crippen LogP contribution in [-0.2, 0) is 4.57 Å². The molecule has 0 amide bonds. The lowest BCUT2D eigenvalue weighted by atomic mass is 10.1. The largest absolute Gasteiger partial charge is 0.736 e. The van der Waals surface area contributed by atoms with Crippen LogP contribution in [0.3, 0.4) is 0 Å². The number of hydrogen-bond donors (Lipinski definition) is 1. The topological polar surface area (TPSA) is 143 Å². The van der Waals surface area contributed by atoms with Gasteiger partial charge in [0.2, 0.25) is 11.5 Å². The molecule has 1 N–H and O–H groups in total. The zero-order valence-electron chi connectivity index (χ0n) is 28.4. The van der Waals surface area contributed by atoms with Gasteiger partial charge in [-0.2, -0.15) is 0 Å². The van der Waals surface area contributed by atoms with Crippen LogP contribution in [0.25, 0.3) is 24.3 Å². The molecule has 0 saturated heterocycles. The van der Waals surface area contributed by atoms with Crippen LogP contribution >= 0.6 is 7.82 Å². The minimum atomic E-state index is -5.19. The maximum Gasteiger partial charge on any atom is 0.372 e. The van der Waals surface area contributed by atoms with Crippen molar-refractivity contribution in [2.75, 3.05) is 49.8 Å². The van der Waals surface area contributed by atoms with Crippen LogP contribution in [0.1, 0.15) is 27.8 Å². The van der Waals surface area contributed by atoms with Crippen molar-refractivity contribution >= 4 is 32.1 Å². The molecule has 12 nitrogen and oxygen atoms in total. The summed E-state index contributed by atoms with van der Waals surface area (Å²) >= 11 is 0. The first-order valence-corrected chi connectivity index (χ1v) is 16.1. The zero-order valence-corrected chi connectivity index (χ0v) is 29.3. The third-order valence-electron chi connectivity index (χ3n) is 7.24. The number of aryl methyl sites for hydroxylation is 1. The number of methoxy groups -OCH3 is 7. The first-order valence-electron chi connectivity index (χ1n) is 14.7. The molecular formula is C36H38O12P-. The predicted octanol–water partition coefficient (Wildman–Crippen LogP) is 7.03. The second-order valence-electron chi connectivity index (χ2n) is 10.3. The van der Waals surface area contributed by atoms with Gasteiger partial charge in [0.1, 0.15) is 0 Å². The van der Waals surface area contributed by atoms with Crippen molar-refractivity contribution in [3.05, 3.63) is 82.4 Å². The summed E-state index contributed by atoms with van der Waals surface area (Å²) < 4.78 is 61.6. The molecule has 0 aliphatic carbocycles. The molecule has 4 aromatic carbocycles. The maximum absolute atomic E-state index is 13.3. The maximum atomic E-state index is 13.3. The minimum Gasteiger partial charge on any atom is -0.736 e. The van der Waals surface area contributed by atoms with Gasteiger partial charge in [0, 0.05) is 5.56 Å². The van der Waals surface area contributed by atoms with Crippen molar-refractivity contribution in [3.8, 4) is 57.5 Å². The molecule has 4 rings (SSSR count). The van der Waals surface area contributed by atoms with Crippen molar-refractivity contribution in [1.29, 1.82) is 0 Å². The molecule has 0 spiro atoms. The van der Waals surface area contributed by atoms with Crippen LogP contribution in [0.5, 0.6) is 57.5 Å². The molecule has 0 saturated carbocycles. The molecule has 49 heavy (non-hydrogen) atoms. The molecule has 0 aromatic heterocycles. The summed E-state index contributed by atoms with van der Waals surface area (Å²) in [5, 5.41) is 11.1. The third kappa shape index (κ3) is 8.53. The van der Waals surface area contributed by atoms with Crippen molar-refractivity contribution in [2.24, 2.45) is 0 Å². The number of aromatic hydroxyl groups is 1. The highest BCUT2D eigenvalue weighted by atomic mass is 31.2. The Morgan fingerprint density at radius 1 is 0.531 bits per heavy atom. The molecule has 0 aliphatic rings. The lowest BCUT2D eigenvalue weighted by Crippen LogP contribution is -2.14. The van der Waals surface area contributed by atoms with Gasteiger partial charge >= 0.3 is 7.82 Å². The van der Waals surface area contributed by atoms with Gasteiger partial charge < -0.3 is 52.2 Å². The standard InChI is InChI=1S/C36H39O12P/c1-22-17-24(19-30(42-4)34(22)45-7)11-13-26-14-16-28(41-3)36(33(26)37)48-49(38,39)47-29-18-23(12-15-27(29)40-2)9-10-25-20-31(43-5)35(46-8)32(21-25)44-6/h9-21,37H,1-8H3,(H,38,39)/p-1/b10-9-,13-11-. The zero-order chi connectivity index (χ0) is 35.7. The fraction of sp³-hybridized carbons (Fsp3) is 0.222. The van der Waals surface area contributed by atoms with Crippen LogP contribution in [0.4, 0.5) is 0 Å². The Hall–Kier alpha value is -5.45. The average Bonchev–Trinajstić information content (AvgIpc) is 3.09. The Morgan fingerprint density at radius 3 is 1.59 bits per heavy atom. The van der Waals surface area contributed by atoms with E-state index in [1.807, 2.05) is 13.0 Å². The van der Waals surface area contributed by atoms with E-state index < -0.39 is 19.3 Å². The highest BCUT2D eigenvalue weighted by Crippen LogP contribution is 2.50. The van der Waals surface area contributed by atoms with Crippen LogP contribution < -0.4 is 47.1 Å². The Balaban J connectivity index is 1.61. The number of rotatable bonds is 15. The highest BCUT2D eigenvalue weighted by molar-refractivity contribution is 7.46. The van der Waals surface area contributed by atoms with E-state index in [-0.39, 0.29) is 22.8 Å². The van der Waals surface area contributed by atoms with Gasteiger partial charge in [-0.3, -0.25) is 0 Å². The molecule has 0 radical (unpaired) electrons. The quantitative estimate of drug-likeness (QED) is 0.101. The molecule has 1 atom stereocenters. The van der Waals surface area contributed by atoms with E-state index in [0.29, 0.717) is 34.3 Å². The molecule has 0 heterocycles. The molecule has 1 unspecified atom stereocenters. The van der Waals surface area contributed by atoms with Gasteiger partial charge in [-0.25, -0.2) is 4.57 Å². The van der Waals surface area contributed by atoms with E-state index in [2.05, 4.69) is 0 Å². The van der Waals surface area contributed by atoms with Gasteiger partial charge in [0.25, 0.3) is 0 Å². The molecule has 260 valence electrons. The van der Waals surface area contributed by atoms with Gasteiger partial charge in [0.15, 0.2) is 46.0 Å². The second-order valence-corrected chi connectivity index (χ2v) is 11.5. The number of phenols is 1. The molecule has 13 heteroatoms. The van der Waals surface area contributed by atoms with Crippen molar-refractivity contribution in [2.45, 2.75) is 6.92 Å². The lowest BCUT2D eigenvalue weighted by molar-refractivity contribution is -0.208. The summed E-state index contributed by atoms with van der Waals surface area (Å²) in [6.07, 6.45) is 6.81. The third-order valence-corrected chi connectivity index (χ3v) is 8.07. The van der Waals surface area contributed by atoms with Crippen molar-refractivity contribution < 1.29 is 56.8 Å².